The fourth-order valence-corrected chi connectivity index (χ4v) is 10.1. The molecule has 2 nitrogen and oxygen atoms in total. The van der Waals surface area contributed by atoms with Crippen molar-refractivity contribution in [3.8, 4) is 27.9 Å². The predicted molar refractivity (Wildman–Crippen MR) is 228 cm³/mol. The van der Waals surface area contributed by atoms with Crippen LogP contribution in [0, 0.1) is 0 Å². The number of anilines is 1. The molecule has 1 aromatic heterocycles. The summed E-state index contributed by atoms with van der Waals surface area (Å²) in [6.07, 6.45) is 9.36. The Morgan fingerprint density at radius 2 is 1.07 bits per heavy atom. The highest BCUT2D eigenvalue weighted by Crippen LogP contribution is 2.55. The topological polar surface area (TPSA) is 8.17 Å². The zero-order valence-corrected chi connectivity index (χ0v) is 29.8. The predicted octanol–water partition coefficient (Wildman–Crippen LogP) is 12.9. The van der Waals surface area contributed by atoms with E-state index in [1.54, 1.807) is 0 Å². The van der Waals surface area contributed by atoms with E-state index in [9.17, 15) is 0 Å². The van der Waals surface area contributed by atoms with Crippen LogP contribution in [0.15, 0.2) is 170 Å². The van der Waals surface area contributed by atoms with Gasteiger partial charge in [-0.2, -0.15) is 0 Å². The van der Waals surface area contributed by atoms with Crippen molar-refractivity contribution in [2.24, 2.45) is 0 Å². The zero-order chi connectivity index (χ0) is 35.3. The van der Waals surface area contributed by atoms with Crippen LogP contribution in [-0.4, -0.2) is 4.57 Å². The lowest BCUT2D eigenvalue weighted by atomic mass is 9.84. The second-order valence-electron chi connectivity index (χ2n) is 15.1. The molecule has 0 bridgehead atoms. The van der Waals surface area contributed by atoms with E-state index in [4.69, 9.17) is 0 Å². The Bertz CT molecular complexity index is 3110. The molecule has 0 fully saturated rings. The highest BCUT2D eigenvalue weighted by molar-refractivity contribution is 6.22. The molecule has 9 aromatic rings. The van der Waals surface area contributed by atoms with E-state index in [1.165, 1.54) is 98.9 Å². The number of nitrogens with zero attached hydrogens (tertiary/aromatic N) is 2. The molecule has 2 atom stereocenters. The van der Waals surface area contributed by atoms with Crippen LogP contribution < -0.4 is 10.2 Å². The van der Waals surface area contributed by atoms with Crippen LogP contribution in [0.2, 0.25) is 0 Å². The van der Waals surface area contributed by atoms with Gasteiger partial charge in [0.1, 0.15) is 0 Å². The van der Waals surface area contributed by atoms with Gasteiger partial charge in [0.15, 0.2) is 0 Å². The highest BCUT2D eigenvalue weighted by Gasteiger charge is 2.43. The van der Waals surface area contributed by atoms with Crippen molar-refractivity contribution >= 4 is 61.1 Å². The smallest absolute Gasteiger partial charge is 0.0594 e. The molecule has 1 aliphatic heterocycles. The van der Waals surface area contributed by atoms with Crippen LogP contribution in [0.25, 0.3) is 83.3 Å². The summed E-state index contributed by atoms with van der Waals surface area (Å²) in [5.74, 6) is 0. The molecule has 2 aliphatic carbocycles. The van der Waals surface area contributed by atoms with E-state index >= 15 is 0 Å². The molecule has 0 saturated heterocycles. The van der Waals surface area contributed by atoms with Gasteiger partial charge < -0.3 is 9.47 Å². The van der Waals surface area contributed by atoms with Crippen molar-refractivity contribution < 1.29 is 0 Å². The van der Waals surface area contributed by atoms with Gasteiger partial charge in [-0.1, -0.05) is 133 Å². The molecule has 0 N–H and O–H groups in total. The third kappa shape index (κ3) is 4.22. The summed E-state index contributed by atoms with van der Waals surface area (Å²) in [4.78, 5) is 2.74. The Morgan fingerprint density at radius 1 is 0.444 bits per heavy atom. The van der Waals surface area contributed by atoms with Crippen molar-refractivity contribution in [1.82, 2.24) is 4.57 Å². The Morgan fingerprint density at radius 3 is 1.89 bits per heavy atom. The number of hydrogen-bond donors (Lipinski definition) is 0. The van der Waals surface area contributed by atoms with Gasteiger partial charge in [-0.3, -0.25) is 0 Å². The first-order valence-corrected chi connectivity index (χ1v) is 19.2. The first-order chi connectivity index (χ1) is 26.8. The first-order valence-electron chi connectivity index (χ1n) is 19.2. The number of para-hydroxylation sites is 1. The van der Waals surface area contributed by atoms with Crippen molar-refractivity contribution in [1.29, 1.82) is 0 Å². The molecule has 0 radical (unpaired) electrons. The fourth-order valence-electron chi connectivity index (χ4n) is 10.1. The largest absolute Gasteiger partial charge is 0.357 e. The molecular formula is C52H36N2. The summed E-state index contributed by atoms with van der Waals surface area (Å²) in [7, 11) is 0. The summed E-state index contributed by atoms with van der Waals surface area (Å²) in [5.41, 5.74) is 13.1. The van der Waals surface area contributed by atoms with E-state index < -0.39 is 0 Å². The van der Waals surface area contributed by atoms with Gasteiger partial charge in [-0.05, 0) is 127 Å². The van der Waals surface area contributed by atoms with Crippen molar-refractivity contribution in [2.45, 2.75) is 24.9 Å². The van der Waals surface area contributed by atoms with Crippen LogP contribution in [0.1, 0.15) is 41.6 Å². The van der Waals surface area contributed by atoms with Gasteiger partial charge in [0.2, 0.25) is 0 Å². The molecule has 2 heteroatoms. The van der Waals surface area contributed by atoms with E-state index in [-0.39, 0.29) is 12.1 Å². The number of hydrogen-bond acceptors (Lipinski definition) is 1. The zero-order valence-electron chi connectivity index (χ0n) is 29.8. The van der Waals surface area contributed by atoms with Crippen molar-refractivity contribution in [2.75, 3.05) is 4.90 Å². The number of rotatable bonds is 4. The lowest BCUT2D eigenvalue weighted by Gasteiger charge is -2.34. The van der Waals surface area contributed by atoms with Gasteiger partial charge >= 0.3 is 0 Å². The monoisotopic (exact) mass is 688 g/mol. The van der Waals surface area contributed by atoms with E-state index in [1.807, 2.05) is 0 Å². The summed E-state index contributed by atoms with van der Waals surface area (Å²) < 4.78 is 2.56. The molecule has 3 aliphatic rings. The average Bonchev–Trinajstić information content (AvgIpc) is 3.77. The van der Waals surface area contributed by atoms with Crippen LogP contribution in [0.5, 0.6) is 0 Å². The van der Waals surface area contributed by atoms with Gasteiger partial charge in [-0.25, -0.2) is 0 Å². The van der Waals surface area contributed by atoms with E-state index in [2.05, 4.69) is 191 Å². The van der Waals surface area contributed by atoms with E-state index in [0.717, 1.165) is 12.8 Å². The second kappa shape index (κ2) is 11.4. The highest BCUT2D eigenvalue weighted by atomic mass is 15.2. The molecule has 0 spiro atoms. The molecule has 2 heterocycles. The molecule has 254 valence electrons. The van der Waals surface area contributed by atoms with E-state index in [0.29, 0.717) is 0 Å². The average molecular weight is 689 g/mol. The first kappa shape index (κ1) is 29.9. The van der Waals surface area contributed by atoms with Gasteiger partial charge in [0.05, 0.1) is 22.9 Å². The Kier molecular flexibility index (Phi) is 6.32. The maximum atomic E-state index is 2.74. The summed E-state index contributed by atoms with van der Waals surface area (Å²) >= 11 is 0. The minimum atomic E-state index is 0.260. The minimum absolute atomic E-state index is 0.260. The van der Waals surface area contributed by atoms with Crippen LogP contribution in [-0.2, 0) is 0 Å². The quantitative estimate of drug-likeness (QED) is 0.179. The van der Waals surface area contributed by atoms with Crippen molar-refractivity contribution in [3.05, 3.63) is 192 Å². The standard InChI is InChI=1S/C52H36N2/c1-3-13-33(14-4-1)34-17-9-18-35(29-34)36-19-10-22-40(30-36)54-46-26-12-24-42-44-32-38-16-8-7-15-37(38)31-43(44)41-23-11-25-45-49(41)51-47(27-28-48(54)52(51)50(42)46)53(45)39-20-5-2-6-21-39/h1-24,26,28-32,45,47H,25,27H2. The molecular weight excluding hydrogens is 653 g/mol. The molecule has 0 amide bonds. The van der Waals surface area contributed by atoms with Gasteiger partial charge in [-0.15, -0.1) is 0 Å². The lowest BCUT2D eigenvalue weighted by molar-refractivity contribution is 0.595. The Labute approximate surface area is 314 Å². The third-order valence-corrected chi connectivity index (χ3v) is 12.3. The molecule has 2 unspecified atom stereocenters. The summed E-state index contributed by atoms with van der Waals surface area (Å²) in [5, 5.41) is 10.6. The Hall–Kier alpha value is -6.64. The second-order valence-corrected chi connectivity index (χ2v) is 15.1. The van der Waals surface area contributed by atoms with Crippen molar-refractivity contribution in [3.63, 3.8) is 0 Å². The molecule has 12 rings (SSSR count). The number of benzene rings is 7. The van der Waals surface area contributed by atoms with Gasteiger partial charge in [0, 0.05) is 22.1 Å². The molecule has 8 aromatic carbocycles. The number of fused-ring (bicyclic) bond motifs is 4. The fraction of sp³-hybridized carbons (Fsp3) is 0.0769. The summed E-state index contributed by atoms with van der Waals surface area (Å²) in [6, 6.07) is 61.3. The maximum Gasteiger partial charge on any atom is 0.0594 e. The van der Waals surface area contributed by atoms with Crippen LogP contribution in [0.4, 0.5) is 5.69 Å². The van der Waals surface area contributed by atoms with Crippen LogP contribution >= 0.6 is 0 Å². The minimum Gasteiger partial charge on any atom is -0.357 e. The molecule has 0 saturated carbocycles. The number of aromatic nitrogens is 1. The normalized spacial score (nSPS) is 16.8. The third-order valence-electron chi connectivity index (χ3n) is 12.3. The Balaban J connectivity index is 1.19. The maximum absolute atomic E-state index is 2.74. The lowest BCUT2D eigenvalue weighted by Crippen LogP contribution is -2.28. The van der Waals surface area contributed by atoms with Gasteiger partial charge in [0.25, 0.3) is 0 Å². The molecule has 54 heavy (non-hydrogen) atoms. The SMILES string of the molecule is C1=Cc2c3c4c5c(n(-c6cccc(-c7cccc(-c8ccccc8)c7)c6)c6cccc(c7cc8ccccc8cc27)c56)=CCC4N(c2ccccc2)C3C1. The van der Waals surface area contributed by atoms with Crippen LogP contribution in [0.3, 0.4) is 0 Å². The summed E-state index contributed by atoms with van der Waals surface area (Å²) in [6.45, 7) is 0.